The van der Waals surface area contributed by atoms with E-state index in [0.717, 1.165) is 0 Å². The molecule has 0 aliphatic rings. The smallest absolute Gasteiger partial charge is 0.139 e. The van der Waals surface area contributed by atoms with E-state index in [1.165, 1.54) is 0 Å². The van der Waals surface area contributed by atoms with E-state index in [1.54, 1.807) is 18.5 Å². The number of hydrogen-bond donors (Lipinski definition) is 1. The average molecular weight is 201 g/mol. The van der Waals surface area contributed by atoms with Gasteiger partial charge in [0.1, 0.15) is 11.9 Å². The number of nitrogens with zero attached hydrogens (tertiary/aromatic N) is 1. The molecule has 1 rings (SSSR count). The summed E-state index contributed by atoms with van der Waals surface area (Å²) >= 11 is 5.73. The lowest BCUT2D eigenvalue weighted by Gasteiger charge is -2.17. The van der Waals surface area contributed by atoms with E-state index in [4.69, 9.17) is 22.1 Å². The molecule has 0 aliphatic heterocycles. The Morgan fingerprint density at radius 1 is 1.46 bits per heavy atom. The Balaban J connectivity index is 2.64. The Kier molecular flexibility index (Phi) is 3.51. The fraction of sp³-hybridized carbons (Fsp3) is 0.444. The van der Waals surface area contributed by atoms with Gasteiger partial charge >= 0.3 is 0 Å². The van der Waals surface area contributed by atoms with E-state index < -0.39 is 0 Å². The van der Waals surface area contributed by atoms with Crippen molar-refractivity contribution < 1.29 is 4.74 Å². The molecule has 1 aromatic heterocycles. The van der Waals surface area contributed by atoms with Gasteiger partial charge in [-0.1, -0.05) is 11.6 Å². The Bertz CT molecular complexity index is 278. The molecule has 0 aromatic carbocycles. The summed E-state index contributed by atoms with van der Waals surface area (Å²) in [4.78, 5) is 3.90. The van der Waals surface area contributed by atoms with E-state index in [2.05, 4.69) is 4.98 Å². The molecule has 1 unspecified atom stereocenters. The zero-order chi connectivity index (χ0) is 9.84. The molecule has 0 aliphatic carbocycles. The lowest BCUT2D eigenvalue weighted by Crippen LogP contribution is -2.33. The van der Waals surface area contributed by atoms with Gasteiger partial charge in [-0.2, -0.15) is 0 Å². The highest BCUT2D eigenvalue weighted by Crippen LogP contribution is 2.16. The van der Waals surface area contributed by atoms with Crippen LogP contribution < -0.4 is 10.5 Å². The topological polar surface area (TPSA) is 48.1 Å². The predicted molar refractivity (Wildman–Crippen MR) is 53.0 cm³/mol. The van der Waals surface area contributed by atoms with E-state index >= 15 is 0 Å². The van der Waals surface area contributed by atoms with Crippen LogP contribution in [0.1, 0.15) is 13.8 Å². The molecule has 2 N–H and O–H groups in total. The first-order valence-corrected chi connectivity index (χ1v) is 4.50. The largest absolute Gasteiger partial charge is 0.487 e. The van der Waals surface area contributed by atoms with Crippen LogP contribution in [0.15, 0.2) is 18.5 Å². The standard InChI is InChI=1S/C9H13ClN2O/c1-6(11)7(2)13-9-3-8(10)4-12-5-9/h3-7H,11H2,1-2H3/t6-,7?/m0/s1. The molecule has 0 amide bonds. The van der Waals surface area contributed by atoms with Crippen molar-refractivity contribution in [2.45, 2.75) is 26.0 Å². The van der Waals surface area contributed by atoms with Crippen molar-refractivity contribution >= 4 is 11.6 Å². The van der Waals surface area contributed by atoms with Crippen LogP contribution in [-0.2, 0) is 0 Å². The Hall–Kier alpha value is -0.800. The molecule has 1 heterocycles. The van der Waals surface area contributed by atoms with Gasteiger partial charge in [0.25, 0.3) is 0 Å². The normalized spacial score (nSPS) is 15.1. The molecule has 2 atom stereocenters. The second-order valence-corrected chi connectivity index (χ2v) is 3.46. The van der Waals surface area contributed by atoms with Crippen molar-refractivity contribution in [3.63, 3.8) is 0 Å². The highest BCUT2D eigenvalue weighted by Gasteiger charge is 2.08. The fourth-order valence-electron chi connectivity index (χ4n) is 0.779. The summed E-state index contributed by atoms with van der Waals surface area (Å²) in [5, 5.41) is 0.564. The fourth-order valence-corrected chi connectivity index (χ4v) is 0.943. The van der Waals surface area contributed by atoms with Crippen molar-refractivity contribution in [1.82, 2.24) is 4.98 Å². The van der Waals surface area contributed by atoms with Crippen LogP contribution in [0.25, 0.3) is 0 Å². The summed E-state index contributed by atoms with van der Waals surface area (Å²) in [5.74, 6) is 0.650. The highest BCUT2D eigenvalue weighted by molar-refractivity contribution is 6.30. The monoisotopic (exact) mass is 200 g/mol. The highest BCUT2D eigenvalue weighted by atomic mass is 35.5. The third-order valence-corrected chi connectivity index (χ3v) is 1.95. The second-order valence-electron chi connectivity index (χ2n) is 3.02. The predicted octanol–water partition coefficient (Wildman–Crippen LogP) is 1.85. The third-order valence-electron chi connectivity index (χ3n) is 1.74. The van der Waals surface area contributed by atoms with Crippen molar-refractivity contribution in [2.75, 3.05) is 0 Å². The minimum atomic E-state index is -0.0414. The molecule has 0 radical (unpaired) electrons. The van der Waals surface area contributed by atoms with Crippen molar-refractivity contribution in [1.29, 1.82) is 0 Å². The van der Waals surface area contributed by atoms with Crippen LogP contribution in [0.2, 0.25) is 5.02 Å². The van der Waals surface area contributed by atoms with Gasteiger partial charge in [0, 0.05) is 18.3 Å². The second kappa shape index (κ2) is 4.44. The van der Waals surface area contributed by atoms with Gasteiger partial charge in [-0.15, -0.1) is 0 Å². The van der Waals surface area contributed by atoms with Crippen LogP contribution >= 0.6 is 11.6 Å². The Labute approximate surface area is 82.9 Å². The molecule has 0 saturated heterocycles. The molecule has 0 fully saturated rings. The van der Waals surface area contributed by atoms with Gasteiger partial charge in [-0.3, -0.25) is 4.98 Å². The number of hydrogen-bond acceptors (Lipinski definition) is 3. The van der Waals surface area contributed by atoms with Crippen LogP contribution in [-0.4, -0.2) is 17.1 Å². The van der Waals surface area contributed by atoms with Crippen LogP contribution in [0.4, 0.5) is 0 Å². The van der Waals surface area contributed by atoms with Gasteiger partial charge in [0.2, 0.25) is 0 Å². The van der Waals surface area contributed by atoms with E-state index in [-0.39, 0.29) is 12.1 Å². The first-order valence-electron chi connectivity index (χ1n) is 4.12. The minimum absolute atomic E-state index is 0.0148. The van der Waals surface area contributed by atoms with Gasteiger partial charge in [0.15, 0.2) is 0 Å². The SMILES string of the molecule is CC(Oc1cncc(Cl)c1)[C@H](C)N. The molecule has 0 spiro atoms. The molecule has 4 heteroatoms. The van der Waals surface area contributed by atoms with Gasteiger partial charge < -0.3 is 10.5 Å². The first kappa shape index (κ1) is 10.3. The lowest BCUT2D eigenvalue weighted by molar-refractivity contribution is 0.196. The Morgan fingerprint density at radius 3 is 2.69 bits per heavy atom. The molecule has 1 aromatic rings. The van der Waals surface area contributed by atoms with Crippen LogP contribution in [0.3, 0.4) is 0 Å². The molecule has 3 nitrogen and oxygen atoms in total. The number of ether oxygens (including phenoxy) is 1. The number of nitrogens with two attached hydrogens (primary N) is 1. The quantitative estimate of drug-likeness (QED) is 0.810. The van der Waals surface area contributed by atoms with Crippen molar-refractivity contribution in [3.8, 4) is 5.75 Å². The van der Waals surface area contributed by atoms with Crippen LogP contribution in [0, 0.1) is 0 Å². The first-order chi connectivity index (χ1) is 6.09. The summed E-state index contributed by atoms with van der Waals surface area (Å²) in [6, 6.07) is 1.70. The summed E-state index contributed by atoms with van der Waals surface area (Å²) in [6.07, 6.45) is 3.13. The molecule has 13 heavy (non-hydrogen) atoms. The number of halogens is 1. The zero-order valence-corrected chi connectivity index (χ0v) is 8.45. The Morgan fingerprint density at radius 2 is 2.15 bits per heavy atom. The summed E-state index contributed by atoms with van der Waals surface area (Å²) in [7, 11) is 0. The van der Waals surface area contributed by atoms with Gasteiger partial charge in [-0.25, -0.2) is 0 Å². The maximum atomic E-state index is 5.73. The summed E-state index contributed by atoms with van der Waals surface area (Å²) in [5.41, 5.74) is 5.64. The molecule has 0 bridgehead atoms. The van der Waals surface area contributed by atoms with Gasteiger partial charge in [0.05, 0.1) is 11.2 Å². The summed E-state index contributed by atoms with van der Waals surface area (Å²) < 4.78 is 5.48. The van der Waals surface area contributed by atoms with E-state index in [1.807, 2.05) is 13.8 Å². The zero-order valence-electron chi connectivity index (χ0n) is 7.70. The minimum Gasteiger partial charge on any atom is -0.487 e. The van der Waals surface area contributed by atoms with Crippen molar-refractivity contribution in [3.05, 3.63) is 23.5 Å². The number of rotatable bonds is 3. The molecular weight excluding hydrogens is 188 g/mol. The average Bonchev–Trinajstić information content (AvgIpc) is 2.04. The maximum Gasteiger partial charge on any atom is 0.139 e. The van der Waals surface area contributed by atoms with E-state index in [9.17, 15) is 0 Å². The lowest BCUT2D eigenvalue weighted by atomic mass is 10.2. The van der Waals surface area contributed by atoms with E-state index in [0.29, 0.717) is 10.8 Å². The number of pyridine rings is 1. The molecule has 0 saturated carbocycles. The third kappa shape index (κ3) is 3.20. The van der Waals surface area contributed by atoms with Gasteiger partial charge in [-0.05, 0) is 13.8 Å². The van der Waals surface area contributed by atoms with Crippen molar-refractivity contribution in [2.24, 2.45) is 5.73 Å². The van der Waals surface area contributed by atoms with Crippen LogP contribution in [0.5, 0.6) is 5.75 Å². The molecule has 72 valence electrons. The number of aromatic nitrogens is 1. The molecular formula is C9H13ClN2O. The maximum absolute atomic E-state index is 5.73. The summed E-state index contributed by atoms with van der Waals surface area (Å²) in [6.45, 7) is 3.80.